The van der Waals surface area contributed by atoms with Crippen molar-refractivity contribution >= 4 is 93.7 Å². The minimum Gasteiger partial charge on any atom is -0.309 e. The molecule has 0 aliphatic carbocycles. The molecule has 0 N–H and O–H groups in total. The SMILES string of the molecule is c1ccc(-c2ccc3c(c2)[Si](c2ccccc2)(c2ccccc2)c2cc(-n4c5ccc(-c6cc7ccccc7c7ccccc67)cc5c5cc(-c6cc7ccccc7c7ccccc67)ccc54)ccc2-3)cc1. The van der Waals surface area contributed by atoms with Crippen molar-refractivity contribution in [1.29, 1.82) is 0 Å². The molecule has 0 spiro atoms. The molecule has 14 aromatic rings. The van der Waals surface area contributed by atoms with E-state index in [1.165, 1.54) is 136 Å². The van der Waals surface area contributed by atoms with E-state index in [0.29, 0.717) is 0 Å². The van der Waals surface area contributed by atoms with Crippen molar-refractivity contribution in [2.24, 2.45) is 0 Å². The number of hydrogen-bond donors (Lipinski definition) is 0. The Morgan fingerprint density at radius 3 is 1.18 bits per heavy atom. The van der Waals surface area contributed by atoms with E-state index in [1.807, 2.05) is 0 Å². The zero-order valence-electron chi connectivity index (χ0n) is 39.4. The quantitative estimate of drug-likeness (QED) is 0.116. The second-order valence-electron chi connectivity index (χ2n) is 19.5. The molecule has 1 aliphatic heterocycles. The second kappa shape index (κ2) is 16.0. The molecular formula is C70H45NSi. The van der Waals surface area contributed by atoms with Gasteiger partial charge in [-0.25, -0.2) is 0 Å². The van der Waals surface area contributed by atoms with E-state index < -0.39 is 8.07 Å². The van der Waals surface area contributed by atoms with Gasteiger partial charge in [-0.15, -0.1) is 0 Å². The minimum atomic E-state index is -2.89. The Bertz CT molecular complexity index is 4280. The first-order valence-electron chi connectivity index (χ1n) is 25.1. The normalized spacial score (nSPS) is 12.8. The van der Waals surface area contributed by atoms with Crippen LogP contribution in [0.25, 0.3) is 115 Å². The summed E-state index contributed by atoms with van der Waals surface area (Å²) in [5.41, 5.74) is 13.6. The van der Waals surface area contributed by atoms with Crippen molar-refractivity contribution < 1.29 is 0 Å². The number of benzene rings is 13. The van der Waals surface area contributed by atoms with E-state index in [9.17, 15) is 0 Å². The van der Waals surface area contributed by atoms with Gasteiger partial charge in [0.15, 0.2) is 8.07 Å². The topological polar surface area (TPSA) is 4.93 Å². The third kappa shape index (κ3) is 6.00. The third-order valence-corrected chi connectivity index (χ3v) is 20.7. The predicted octanol–water partition coefficient (Wildman–Crippen LogP) is 15.8. The first-order valence-corrected chi connectivity index (χ1v) is 27.1. The van der Waals surface area contributed by atoms with Crippen LogP contribution in [0.1, 0.15) is 0 Å². The summed E-state index contributed by atoms with van der Waals surface area (Å²) in [6.45, 7) is 0. The van der Waals surface area contributed by atoms with Gasteiger partial charge < -0.3 is 4.57 Å². The van der Waals surface area contributed by atoms with Gasteiger partial charge in [-0.2, -0.15) is 0 Å². The van der Waals surface area contributed by atoms with E-state index in [1.54, 1.807) is 0 Å². The van der Waals surface area contributed by atoms with Crippen molar-refractivity contribution in [1.82, 2.24) is 4.57 Å². The molecule has 1 aromatic heterocycles. The maximum absolute atomic E-state index is 2.89. The molecule has 2 heterocycles. The van der Waals surface area contributed by atoms with Gasteiger partial charge in [0.05, 0.1) is 11.0 Å². The highest BCUT2D eigenvalue weighted by Gasteiger charge is 2.49. The molecule has 0 amide bonds. The molecule has 2 heteroatoms. The van der Waals surface area contributed by atoms with Crippen LogP contribution in [-0.2, 0) is 0 Å². The van der Waals surface area contributed by atoms with E-state index in [-0.39, 0.29) is 0 Å². The van der Waals surface area contributed by atoms with E-state index >= 15 is 0 Å². The van der Waals surface area contributed by atoms with Crippen LogP contribution < -0.4 is 20.7 Å². The van der Waals surface area contributed by atoms with Gasteiger partial charge in [0, 0.05) is 16.5 Å². The van der Waals surface area contributed by atoms with E-state index in [2.05, 4.69) is 278 Å². The van der Waals surface area contributed by atoms with Gasteiger partial charge in [0.2, 0.25) is 0 Å². The standard InChI is InChI=1S/C70H45NSi/c1-4-18-46(19-5-1)47-32-36-61-62-37-35-52(45-70(62)72(69(61)44-47,53-22-6-2-7-23-53)54-24-8-3-9-25-54)71-67-38-33-50(63-40-48-20-10-12-26-55(48)57-28-14-16-30-59(57)63)42-65(67)66-43-51(34-39-68(66)71)64-41-49-21-11-13-27-56(49)58-29-15-17-31-60(58)64/h1-45H. The van der Waals surface area contributed by atoms with Crippen LogP contribution in [0, 0.1) is 0 Å². The third-order valence-electron chi connectivity index (χ3n) is 15.8. The molecule has 0 unspecified atom stereocenters. The molecule has 0 bridgehead atoms. The zero-order chi connectivity index (χ0) is 47.3. The van der Waals surface area contributed by atoms with Gasteiger partial charge in [0.1, 0.15) is 0 Å². The highest BCUT2D eigenvalue weighted by atomic mass is 28.3. The van der Waals surface area contributed by atoms with Crippen LogP contribution in [0.15, 0.2) is 273 Å². The average Bonchev–Trinajstić information content (AvgIpc) is 3.95. The molecule has 0 radical (unpaired) electrons. The van der Waals surface area contributed by atoms with Crippen molar-refractivity contribution in [2.75, 3.05) is 0 Å². The lowest BCUT2D eigenvalue weighted by atomic mass is 9.92. The first-order chi connectivity index (χ1) is 35.7. The summed E-state index contributed by atoms with van der Waals surface area (Å²) in [7, 11) is -2.89. The molecule has 1 nitrogen and oxygen atoms in total. The number of rotatable bonds is 6. The van der Waals surface area contributed by atoms with Crippen LogP contribution in [0.4, 0.5) is 0 Å². The van der Waals surface area contributed by atoms with Crippen molar-refractivity contribution in [2.45, 2.75) is 0 Å². The summed E-state index contributed by atoms with van der Waals surface area (Å²) in [5, 5.41) is 18.2. The summed E-state index contributed by atoms with van der Waals surface area (Å²) < 4.78 is 2.54. The van der Waals surface area contributed by atoms with Crippen molar-refractivity contribution in [3.63, 3.8) is 0 Å². The first kappa shape index (κ1) is 40.8. The minimum absolute atomic E-state index is 1.17. The highest BCUT2D eigenvalue weighted by molar-refractivity contribution is 7.22. The lowest BCUT2D eigenvalue weighted by Crippen LogP contribution is -2.72. The Morgan fingerprint density at radius 2 is 0.653 bits per heavy atom. The summed E-state index contributed by atoms with van der Waals surface area (Å²) in [6.07, 6.45) is 0. The molecule has 1 aliphatic rings. The van der Waals surface area contributed by atoms with Gasteiger partial charge in [-0.1, -0.05) is 224 Å². The van der Waals surface area contributed by atoms with Crippen molar-refractivity contribution in [3.8, 4) is 50.2 Å². The van der Waals surface area contributed by atoms with Crippen LogP contribution in [0.3, 0.4) is 0 Å². The van der Waals surface area contributed by atoms with Gasteiger partial charge in [0.25, 0.3) is 0 Å². The highest BCUT2D eigenvalue weighted by Crippen LogP contribution is 2.43. The molecule has 72 heavy (non-hydrogen) atoms. The van der Waals surface area contributed by atoms with Gasteiger partial charge in [-0.05, 0) is 157 Å². The maximum Gasteiger partial charge on any atom is 0.180 e. The molecule has 0 saturated heterocycles. The smallest absolute Gasteiger partial charge is 0.180 e. The van der Waals surface area contributed by atoms with Crippen molar-refractivity contribution in [3.05, 3.63) is 273 Å². The number of aromatic nitrogens is 1. The Labute approximate surface area is 419 Å². The molecular weight excluding hydrogens is 883 g/mol. The largest absolute Gasteiger partial charge is 0.309 e. The fraction of sp³-hybridized carbons (Fsp3) is 0. The Balaban J connectivity index is 1.01. The summed E-state index contributed by atoms with van der Waals surface area (Å²) in [6, 6.07) is 103. The molecule has 334 valence electrons. The van der Waals surface area contributed by atoms with Crippen LogP contribution in [-0.4, -0.2) is 12.6 Å². The molecule has 0 saturated carbocycles. The van der Waals surface area contributed by atoms with Gasteiger partial charge in [-0.3, -0.25) is 0 Å². The Morgan fingerprint density at radius 1 is 0.236 bits per heavy atom. The van der Waals surface area contributed by atoms with Crippen LogP contribution in [0.5, 0.6) is 0 Å². The van der Waals surface area contributed by atoms with Crippen LogP contribution >= 0.6 is 0 Å². The van der Waals surface area contributed by atoms with E-state index in [0.717, 1.165) is 0 Å². The zero-order valence-corrected chi connectivity index (χ0v) is 40.4. The Kier molecular flexibility index (Phi) is 9.05. The number of nitrogens with zero attached hydrogens (tertiary/aromatic N) is 1. The Hall–Kier alpha value is -9.08. The maximum atomic E-state index is 2.57. The number of fused-ring (bicyclic) bond motifs is 12. The van der Waals surface area contributed by atoms with E-state index in [4.69, 9.17) is 0 Å². The average molecular weight is 928 g/mol. The summed E-state index contributed by atoms with van der Waals surface area (Å²) in [5.74, 6) is 0. The second-order valence-corrected chi connectivity index (χ2v) is 23.3. The monoisotopic (exact) mass is 927 g/mol. The fourth-order valence-corrected chi connectivity index (χ4v) is 17.9. The lowest BCUT2D eigenvalue weighted by molar-refractivity contribution is 1.18. The van der Waals surface area contributed by atoms with Gasteiger partial charge >= 0.3 is 0 Å². The molecule has 15 rings (SSSR count). The molecule has 0 atom stereocenters. The summed E-state index contributed by atoms with van der Waals surface area (Å²) in [4.78, 5) is 0. The number of hydrogen-bond acceptors (Lipinski definition) is 0. The molecule has 0 fully saturated rings. The summed E-state index contributed by atoms with van der Waals surface area (Å²) >= 11 is 0. The fourth-order valence-electron chi connectivity index (χ4n) is 12.6. The lowest BCUT2D eigenvalue weighted by Gasteiger charge is -2.32. The molecule has 13 aromatic carbocycles. The predicted molar refractivity (Wildman–Crippen MR) is 310 cm³/mol. The van der Waals surface area contributed by atoms with Crippen LogP contribution in [0.2, 0.25) is 0 Å².